The Hall–Kier alpha value is -3.07. The number of carbonyl (C=O) groups excluding carboxylic acids is 2. The molecular formula is C26H37N3O5S. The summed E-state index contributed by atoms with van der Waals surface area (Å²) < 4.78 is 31.9. The zero-order chi connectivity index (χ0) is 26.3. The standard InChI is InChI=1S/C26H37N3O5S/c1-8-20(4)27-26(31)21(5)28(16-22-12-14-23(34-6)15-13-22)24(30)17-29(35(7,32)33)25-18(2)10-9-11-19(25)3/h9-15,20-21H,8,16-17H2,1-7H3,(H,27,31)/t20-,21+/m1/s1. The molecule has 0 bridgehead atoms. The number of hydrogen-bond donors (Lipinski definition) is 1. The second kappa shape index (κ2) is 12.1. The largest absolute Gasteiger partial charge is 0.497 e. The number of carbonyl (C=O) groups is 2. The average molecular weight is 504 g/mol. The van der Waals surface area contributed by atoms with E-state index in [1.54, 1.807) is 26.2 Å². The Morgan fingerprint density at radius 1 is 1.03 bits per heavy atom. The Bertz CT molecular complexity index is 1110. The molecule has 2 aromatic rings. The monoisotopic (exact) mass is 503 g/mol. The number of rotatable bonds is 11. The van der Waals surface area contributed by atoms with Crippen molar-refractivity contribution in [1.29, 1.82) is 0 Å². The number of para-hydroxylation sites is 1. The van der Waals surface area contributed by atoms with E-state index in [1.165, 1.54) is 4.90 Å². The molecule has 0 saturated carbocycles. The fraction of sp³-hybridized carbons (Fsp3) is 0.462. The number of aryl methyl sites for hydroxylation is 2. The SMILES string of the molecule is CC[C@@H](C)NC(=O)[C@H](C)N(Cc1ccc(OC)cc1)C(=O)CN(c1c(C)cccc1C)S(C)(=O)=O. The predicted octanol–water partition coefficient (Wildman–Crippen LogP) is 3.41. The molecule has 0 spiro atoms. The molecule has 192 valence electrons. The van der Waals surface area contributed by atoms with Crippen LogP contribution in [0.4, 0.5) is 5.69 Å². The fourth-order valence-corrected chi connectivity index (χ4v) is 4.72. The molecular weight excluding hydrogens is 466 g/mol. The number of amides is 2. The molecule has 8 nitrogen and oxygen atoms in total. The van der Waals surface area contributed by atoms with E-state index in [1.807, 2.05) is 58.0 Å². The van der Waals surface area contributed by atoms with Crippen molar-refractivity contribution in [1.82, 2.24) is 10.2 Å². The summed E-state index contributed by atoms with van der Waals surface area (Å²) in [5.41, 5.74) is 2.75. The number of anilines is 1. The van der Waals surface area contributed by atoms with E-state index in [0.717, 1.165) is 33.7 Å². The lowest BCUT2D eigenvalue weighted by Crippen LogP contribution is -2.52. The van der Waals surface area contributed by atoms with Gasteiger partial charge in [0.25, 0.3) is 0 Å². The van der Waals surface area contributed by atoms with Gasteiger partial charge in [0, 0.05) is 12.6 Å². The highest BCUT2D eigenvalue weighted by atomic mass is 32.2. The minimum absolute atomic E-state index is 0.0509. The Labute approximate surface area is 209 Å². The van der Waals surface area contributed by atoms with Crippen LogP contribution >= 0.6 is 0 Å². The first-order chi connectivity index (χ1) is 16.4. The van der Waals surface area contributed by atoms with Gasteiger partial charge >= 0.3 is 0 Å². The summed E-state index contributed by atoms with van der Waals surface area (Å²) in [7, 11) is -2.20. The third-order valence-electron chi connectivity index (χ3n) is 6.05. The third-order valence-corrected chi connectivity index (χ3v) is 7.16. The average Bonchev–Trinajstić information content (AvgIpc) is 2.80. The van der Waals surface area contributed by atoms with E-state index in [-0.39, 0.29) is 18.5 Å². The number of nitrogens with one attached hydrogen (secondary N) is 1. The molecule has 0 saturated heterocycles. The van der Waals surface area contributed by atoms with Crippen molar-refractivity contribution in [2.24, 2.45) is 0 Å². The van der Waals surface area contributed by atoms with Crippen LogP contribution in [0.1, 0.15) is 43.9 Å². The molecule has 9 heteroatoms. The van der Waals surface area contributed by atoms with Crippen LogP contribution in [0.2, 0.25) is 0 Å². The second-order valence-corrected chi connectivity index (χ2v) is 10.8. The molecule has 0 fully saturated rings. The van der Waals surface area contributed by atoms with Gasteiger partial charge in [-0.2, -0.15) is 0 Å². The molecule has 0 aliphatic rings. The Morgan fingerprint density at radius 2 is 1.60 bits per heavy atom. The van der Waals surface area contributed by atoms with Gasteiger partial charge in [-0.3, -0.25) is 13.9 Å². The first-order valence-electron chi connectivity index (χ1n) is 11.7. The summed E-state index contributed by atoms with van der Waals surface area (Å²) in [6.07, 6.45) is 1.83. The predicted molar refractivity (Wildman–Crippen MR) is 139 cm³/mol. The Kier molecular flexibility index (Phi) is 9.71. The molecule has 0 heterocycles. The normalized spacial score (nSPS) is 13.0. The van der Waals surface area contributed by atoms with Crippen LogP contribution in [0.25, 0.3) is 0 Å². The Balaban J connectivity index is 2.43. The van der Waals surface area contributed by atoms with Crippen LogP contribution in [-0.2, 0) is 26.2 Å². The van der Waals surface area contributed by atoms with E-state index in [2.05, 4.69) is 5.32 Å². The van der Waals surface area contributed by atoms with Crippen LogP contribution in [0, 0.1) is 13.8 Å². The van der Waals surface area contributed by atoms with Crippen molar-refractivity contribution in [2.75, 3.05) is 24.2 Å². The van der Waals surface area contributed by atoms with Gasteiger partial charge in [0.2, 0.25) is 21.8 Å². The van der Waals surface area contributed by atoms with Gasteiger partial charge in [0.05, 0.1) is 19.1 Å². The minimum atomic E-state index is -3.77. The van der Waals surface area contributed by atoms with Crippen molar-refractivity contribution in [3.8, 4) is 5.75 Å². The Morgan fingerprint density at radius 3 is 2.09 bits per heavy atom. The van der Waals surface area contributed by atoms with Crippen molar-refractivity contribution >= 4 is 27.5 Å². The molecule has 0 aliphatic heterocycles. The maximum atomic E-state index is 13.6. The van der Waals surface area contributed by atoms with Crippen LogP contribution in [0.5, 0.6) is 5.75 Å². The fourth-order valence-electron chi connectivity index (χ4n) is 3.75. The highest BCUT2D eigenvalue weighted by Crippen LogP contribution is 2.27. The summed E-state index contributed by atoms with van der Waals surface area (Å²) in [5.74, 6) is -0.0904. The molecule has 35 heavy (non-hydrogen) atoms. The quantitative estimate of drug-likeness (QED) is 0.507. The summed E-state index contributed by atoms with van der Waals surface area (Å²) in [6, 6.07) is 11.8. The van der Waals surface area contributed by atoms with Gasteiger partial charge < -0.3 is 15.0 Å². The topological polar surface area (TPSA) is 96.0 Å². The molecule has 0 unspecified atom stereocenters. The van der Waals surface area contributed by atoms with E-state index in [0.29, 0.717) is 11.4 Å². The van der Waals surface area contributed by atoms with Gasteiger partial charge in [0.1, 0.15) is 18.3 Å². The maximum Gasteiger partial charge on any atom is 0.244 e. The van der Waals surface area contributed by atoms with Crippen molar-refractivity contribution in [3.63, 3.8) is 0 Å². The molecule has 1 N–H and O–H groups in total. The number of hydrogen-bond acceptors (Lipinski definition) is 5. The highest BCUT2D eigenvalue weighted by Gasteiger charge is 2.31. The summed E-state index contributed by atoms with van der Waals surface area (Å²) >= 11 is 0. The minimum Gasteiger partial charge on any atom is -0.497 e. The van der Waals surface area contributed by atoms with Crippen LogP contribution in [0.15, 0.2) is 42.5 Å². The summed E-state index contributed by atoms with van der Waals surface area (Å²) in [5, 5.41) is 2.92. The molecule has 2 rings (SSSR count). The van der Waals surface area contributed by atoms with Gasteiger partial charge in [-0.1, -0.05) is 37.3 Å². The maximum absolute atomic E-state index is 13.6. The zero-order valence-corrected chi connectivity index (χ0v) is 22.5. The second-order valence-electron chi connectivity index (χ2n) is 8.87. The molecule has 0 aromatic heterocycles. The molecule has 0 radical (unpaired) electrons. The first kappa shape index (κ1) is 28.2. The lowest BCUT2D eigenvalue weighted by molar-refractivity contribution is -0.139. The number of methoxy groups -OCH3 is 1. The highest BCUT2D eigenvalue weighted by molar-refractivity contribution is 7.92. The number of ether oxygens (including phenoxy) is 1. The van der Waals surface area contributed by atoms with Crippen LogP contribution in [0.3, 0.4) is 0 Å². The number of benzene rings is 2. The van der Waals surface area contributed by atoms with Crippen molar-refractivity contribution in [2.45, 2.75) is 59.7 Å². The lowest BCUT2D eigenvalue weighted by atomic mass is 10.1. The number of sulfonamides is 1. The van der Waals surface area contributed by atoms with Gasteiger partial charge in [-0.25, -0.2) is 8.42 Å². The molecule has 0 aliphatic carbocycles. The van der Waals surface area contributed by atoms with Gasteiger partial charge in [0.15, 0.2) is 0 Å². The lowest BCUT2D eigenvalue weighted by Gasteiger charge is -2.32. The summed E-state index contributed by atoms with van der Waals surface area (Å²) in [4.78, 5) is 28.0. The van der Waals surface area contributed by atoms with E-state index in [9.17, 15) is 18.0 Å². The summed E-state index contributed by atoms with van der Waals surface area (Å²) in [6.45, 7) is 8.86. The third kappa shape index (κ3) is 7.45. The van der Waals surface area contributed by atoms with E-state index in [4.69, 9.17) is 4.74 Å². The van der Waals surface area contributed by atoms with E-state index >= 15 is 0 Å². The van der Waals surface area contributed by atoms with Crippen molar-refractivity contribution < 1.29 is 22.7 Å². The van der Waals surface area contributed by atoms with E-state index < -0.39 is 28.5 Å². The molecule has 2 amide bonds. The zero-order valence-electron chi connectivity index (χ0n) is 21.7. The van der Waals surface area contributed by atoms with Gasteiger partial charge in [-0.05, 0) is 62.9 Å². The van der Waals surface area contributed by atoms with Crippen LogP contribution in [-0.4, -0.2) is 57.1 Å². The van der Waals surface area contributed by atoms with Crippen LogP contribution < -0.4 is 14.4 Å². The van der Waals surface area contributed by atoms with Gasteiger partial charge in [-0.15, -0.1) is 0 Å². The smallest absolute Gasteiger partial charge is 0.244 e. The molecule has 2 aromatic carbocycles. The first-order valence-corrected chi connectivity index (χ1v) is 13.5. The number of nitrogens with zero attached hydrogens (tertiary/aromatic N) is 2. The molecule has 2 atom stereocenters. The van der Waals surface area contributed by atoms with Crippen molar-refractivity contribution in [3.05, 3.63) is 59.2 Å².